The molecular formula is C14H11Cl2FN5+. The number of quaternary nitrogens is 1. The average Bonchev–Trinajstić information content (AvgIpc) is 2.86. The van der Waals surface area contributed by atoms with Crippen LogP contribution in [-0.2, 0) is 6.54 Å². The first-order valence-corrected chi connectivity index (χ1v) is 7.12. The molecule has 0 saturated heterocycles. The summed E-state index contributed by atoms with van der Waals surface area (Å²) < 4.78 is 13.7. The smallest absolute Gasteiger partial charge is 0.334 e. The molecule has 0 saturated carbocycles. The van der Waals surface area contributed by atoms with E-state index in [1.165, 1.54) is 6.07 Å². The highest BCUT2D eigenvalue weighted by Crippen LogP contribution is 2.39. The van der Waals surface area contributed by atoms with Crippen LogP contribution in [0.25, 0.3) is 0 Å². The zero-order valence-corrected chi connectivity index (χ0v) is 12.8. The lowest BCUT2D eigenvalue weighted by Gasteiger charge is -2.25. The highest BCUT2D eigenvalue weighted by molar-refractivity contribution is 6.43. The zero-order chi connectivity index (χ0) is 15.7. The Morgan fingerprint density at radius 2 is 1.86 bits per heavy atom. The van der Waals surface area contributed by atoms with Crippen molar-refractivity contribution in [1.82, 2.24) is 4.59 Å². The topological polar surface area (TPSA) is 63.1 Å². The second-order valence-corrected chi connectivity index (χ2v) is 5.51. The molecule has 5 nitrogen and oxygen atoms in total. The summed E-state index contributed by atoms with van der Waals surface area (Å²) in [5, 5.41) is 12.1. The van der Waals surface area contributed by atoms with Crippen molar-refractivity contribution in [2.24, 2.45) is 21.3 Å². The van der Waals surface area contributed by atoms with Crippen molar-refractivity contribution >= 4 is 34.8 Å². The van der Waals surface area contributed by atoms with E-state index in [4.69, 9.17) is 28.9 Å². The molecule has 22 heavy (non-hydrogen) atoms. The molecule has 0 aromatic heterocycles. The van der Waals surface area contributed by atoms with Crippen LogP contribution in [0.1, 0.15) is 5.56 Å². The number of nitrogens with two attached hydrogens (primary N) is 1. The van der Waals surface area contributed by atoms with E-state index >= 15 is 0 Å². The van der Waals surface area contributed by atoms with Gasteiger partial charge < -0.3 is 5.73 Å². The van der Waals surface area contributed by atoms with Crippen LogP contribution in [0.2, 0.25) is 10.0 Å². The fourth-order valence-electron chi connectivity index (χ4n) is 2.27. The molecule has 0 bridgehead atoms. The lowest BCUT2D eigenvalue weighted by molar-refractivity contribution is 0.404. The van der Waals surface area contributed by atoms with Crippen molar-refractivity contribution in [3.8, 4) is 0 Å². The van der Waals surface area contributed by atoms with E-state index in [2.05, 4.69) is 15.5 Å². The Kier molecular flexibility index (Phi) is 3.82. The summed E-state index contributed by atoms with van der Waals surface area (Å²) in [5.41, 5.74) is 6.87. The summed E-state index contributed by atoms with van der Waals surface area (Å²) in [5.74, 6) is -0.277. The number of rotatable bonds is 3. The Morgan fingerprint density at radius 1 is 1.09 bits per heavy atom. The molecule has 2 aromatic rings. The van der Waals surface area contributed by atoms with Gasteiger partial charge in [0, 0.05) is 16.9 Å². The van der Waals surface area contributed by atoms with Gasteiger partial charge in [-0.1, -0.05) is 52.1 Å². The number of hydrogen-bond donors (Lipinski definition) is 1. The number of benzene rings is 2. The van der Waals surface area contributed by atoms with Crippen LogP contribution in [0.5, 0.6) is 0 Å². The van der Waals surface area contributed by atoms with E-state index in [9.17, 15) is 4.39 Å². The fourth-order valence-corrected chi connectivity index (χ4v) is 2.71. The third kappa shape index (κ3) is 2.35. The van der Waals surface area contributed by atoms with Gasteiger partial charge in [0.2, 0.25) is 0 Å². The Hall–Kier alpha value is -2.02. The number of nitrogens with zero attached hydrogens (tertiary/aromatic N) is 4. The van der Waals surface area contributed by atoms with Crippen molar-refractivity contribution in [2.75, 3.05) is 0 Å². The minimum absolute atomic E-state index is 0.0889. The molecule has 0 radical (unpaired) electrons. The van der Waals surface area contributed by atoms with Gasteiger partial charge in [-0.05, 0) is 17.2 Å². The fraction of sp³-hybridized carbons (Fsp3) is 0.0714. The SMILES string of the molecule is NC1=NN=N[N@+]1(Cc1ccccc1F)c1cccc(Cl)c1Cl. The van der Waals surface area contributed by atoms with Gasteiger partial charge in [-0.3, -0.25) is 0 Å². The van der Waals surface area contributed by atoms with Gasteiger partial charge in [-0.2, -0.15) is 0 Å². The number of guanidine groups is 1. The normalized spacial score (nSPS) is 20.2. The maximum Gasteiger partial charge on any atom is 0.354 e. The van der Waals surface area contributed by atoms with Crippen molar-refractivity contribution in [1.29, 1.82) is 0 Å². The van der Waals surface area contributed by atoms with Crippen LogP contribution in [0.15, 0.2) is 58.0 Å². The summed E-state index contributed by atoms with van der Waals surface area (Å²) >= 11 is 12.3. The van der Waals surface area contributed by atoms with Crippen LogP contribution in [-0.4, -0.2) is 5.96 Å². The van der Waals surface area contributed by atoms with E-state index in [1.807, 2.05) is 0 Å². The average molecular weight is 339 g/mol. The molecule has 0 unspecified atom stereocenters. The van der Waals surface area contributed by atoms with Gasteiger partial charge in [0.05, 0.1) is 10.2 Å². The van der Waals surface area contributed by atoms with Crippen LogP contribution >= 0.6 is 23.2 Å². The van der Waals surface area contributed by atoms with E-state index in [-0.39, 0.29) is 27.9 Å². The Bertz CT molecular complexity index is 793. The second kappa shape index (κ2) is 5.64. The van der Waals surface area contributed by atoms with Gasteiger partial charge in [0.15, 0.2) is 5.69 Å². The molecule has 0 amide bonds. The van der Waals surface area contributed by atoms with Crippen molar-refractivity contribution in [3.63, 3.8) is 0 Å². The first kappa shape index (κ1) is 14.9. The monoisotopic (exact) mass is 338 g/mol. The molecule has 1 atom stereocenters. The summed E-state index contributed by atoms with van der Waals surface area (Å²) in [6, 6.07) is 11.4. The molecule has 1 aliphatic heterocycles. The van der Waals surface area contributed by atoms with Crippen LogP contribution in [0, 0.1) is 5.82 Å². The lowest BCUT2D eigenvalue weighted by Crippen LogP contribution is -2.51. The predicted octanol–water partition coefficient (Wildman–Crippen LogP) is 4.25. The molecule has 1 heterocycles. The van der Waals surface area contributed by atoms with Gasteiger partial charge in [-0.15, -0.1) is 0 Å². The third-order valence-corrected chi connectivity index (χ3v) is 4.21. The van der Waals surface area contributed by atoms with Crippen molar-refractivity contribution in [2.45, 2.75) is 6.54 Å². The molecule has 0 aliphatic carbocycles. The minimum Gasteiger partial charge on any atom is -0.334 e. The van der Waals surface area contributed by atoms with Crippen LogP contribution < -0.4 is 10.3 Å². The first-order valence-electron chi connectivity index (χ1n) is 6.37. The molecule has 112 valence electrons. The van der Waals surface area contributed by atoms with Gasteiger partial charge in [0.25, 0.3) is 0 Å². The first-order chi connectivity index (χ1) is 10.5. The Labute approximate surface area is 136 Å². The predicted molar refractivity (Wildman–Crippen MR) is 84.8 cm³/mol. The molecule has 1 aliphatic rings. The molecular weight excluding hydrogens is 328 g/mol. The Morgan fingerprint density at radius 3 is 2.55 bits per heavy atom. The van der Waals surface area contributed by atoms with Crippen LogP contribution in [0.4, 0.5) is 10.1 Å². The van der Waals surface area contributed by atoms with Crippen molar-refractivity contribution in [3.05, 3.63) is 63.9 Å². The number of hydrogen-bond acceptors (Lipinski definition) is 4. The minimum atomic E-state index is -0.368. The highest BCUT2D eigenvalue weighted by Gasteiger charge is 2.44. The highest BCUT2D eigenvalue weighted by atomic mass is 35.5. The summed E-state index contributed by atoms with van der Waals surface area (Å²) in [4.78, 5) is 0. The molecule has 2 N–H and O–H groups in total. The van der Waals surface area contributed by atoms with Gasteiger partial charge in [0.1, 0.15) is 17.4 Å². The Balaban J connectivity index is 2.15. The van der Waals surface area contributed by atoms with Gasteiger partial charge in [-0.25, -0.2) is 4.39 Å². The maximum absolute atomic E-state index is 14.0. The number of halogens is 3. The zero-order valence-electron chi connectivity index (χ0n) is 11.2. The van der Waals surface area contributed by atoms with E-state index < -0.39 is 0 Å². The van der Waals surface area contributed by atoms with Crippen LogP contribution in [0.3, 0.4) is 0 Å². The van der Waals surface area contributed by atoms with E-state index in [0.29, 0.717) is 16.3 Å². The van der Waals surface area contributed by atoms with Crippen molar-refractivity contribution < 1.29 is 4.39 Å². The molecule has 8 heteroatoms. The third-order valence-electron chi connectivity index (χ3n) is 3.41. The summed E-state index contributed by atoms with van der Waals surface area (Å²) in [6.07, 6.45) is 0. The summed E-state index contributed by atoms with van der Waals surface area (Å²) in [7, 11) is 0. The largest absolute Gasteiger partial charge is 0.354 e. The molecule has 3 rings (SSSR count). The molecule has 2 aromatic carbocycles. The standard InChI is InChI=1S/C14H11Cl2FN5/c15-10-5-3-7-12(13(10)16)22(14(18)19-20-21-22)8-9-4-1-2-6-11(9)17/h1-7H,8H2,(H2,18,19,21)/q+1/t22-/m1/s1. The van der Waals surface area contributed by atoms with E-state index in [1.54, 1.807) is 36.4 Å². The molecule has 0 fully saturated rings. The van der Waals surface area contributed by atoms with Gasteiger partial charge >= 0.3 is 5.96 Å². The van der Waals surface area contributed by atoms with E-state index in [0.717, 1.165) is 0 Å². The second-order valence-electron chi connectivity index (χ2n) is 4.73. The quantitative estimate of drug-likeness (QED) is 0.835. The summed E-state index contributed by atoms with van der Waals surface area (Å²) in [6.45, 7) is 0.0889. The maximum atomic E-state index is 14.0. The molecule has 0 spiro atoms. The lowest BCUT2D eigenvalue weighted by atomic mass is 10.1.